The highest BCUT2D eigenvalue weighted by Gasteiger charge is 2.46. The van der Waals surface area contributed by atoms with Gasteiger partial charge in [0.15, 0.2) is 0 Å². The lowest BCUT2D eigenvalue weighted by Crippen LogP contribution is -2.14. The number of phenols is 1. The zero-order chi connectivity index (χ0) is 10.2. The van der Waals surface area contributed by atoms with Crippen LogP contribution in [-0.2, 0) is 12.0 Å². The maximum atomic E-state index is 9.71. The van der Waals surface area contributed by atoms with Crippen LogP contribution in [0.4, 0.5) is 0 Å². The number of aliphatic hydroxyl groups is 2. The molecule has 2 rings (SSSR count). The molecule has 1 saturated carbocycles. The molecule has 3 N–H and O–H groups in total. The van der Waals surface area contributed by atoms with Gasteiger partial charge in [-0.1, -0.05) is 12.1 Å². The lowest BCUT2D eigenvalue weighted by molar-refractivity contribution is 0.244. The van der Waals surface area contributed by atoms with E-state index in [0.29, 0.717) is 0 Å². The van der Waals surface area contributed by atoms with E-state index in [-0.39, 0.29) is 24.4 Å². The Labute approximate surface area is 82.6 Å². The maximum Gasteiger partial charge on any atom is 0.119 e. The van der Waals surface area contributed by atoms with Crippen molar-refractivity contribution in [2.75, 3.05) is 6.61 Å². The minimum atomic E-state index is -0.288. The Morgan fingerprint density at radius 2 is 1.93 bits per heavy atom. The van der Waals surface area contributed by atoms with E-state index < -0.39 is 0 Å². The number of phenolic OH excluding ortho intramolecular Hbond substituents is 1. The molecule has 0 saturated heterocycles. The summed E-state index contributed by atoms with van der Waals surface area (Å²) >= 11 is 0. The zero-order valence-electron chi connectivity index (χ0n) is 7.90. The summed E-state index contributed by atoms with van der Waals surface area (Å²) < 4.78 is 0. The molecular formula is C11H14O3. The molecule has 1 aromatic carbocycles. The number of hydrogen-bond acceptors (Lipinski definition) is 3. The highest BCUT2D eigenvalue weighted by atomic mass is 16.3. The minimum absolute atomic E-state index is 0.0393. The first-order valence-corrected chi connectivity index (χ1v) is 4.76. The van der Waals surface area contributed by atoms with Gasteiger partial charge in [0.2, 0.25) is 0 Å². The van der Waals surface area contributed by atoms with Crippen molar-refractivity contribution in [3.63, 3.8) is 0 Å². The smallest absolute Gasteiger partial charge is 0.119 e. The van der Waals surface area contributed by atoms with Crippen LogP contribution in [0.2, 0.25) is 0 Å². The largest absolute Gasteiger partial charge is 0.508 e. The highest BCUT2D eigenvalue weighted by Crippen LogP contribution is 2.51. The summed E-state index contributed by atoms with van der Waals surface area (Å²) in [5.74, 6) is 0.183. The summed E-state index contributed by atoms with van der Waals surface area (Å²) in [7, 11) is 0. The third-order valence-corrected chi connectivity index (χ3v) is 2.99. The first-order valence-electron chi connectivity index (χ1n) is 4.76. The predicted molar refractivity (Wildman–Crippen MR) is 52.0 cm³/mol. The van der Waals surface area contributed by atoms with E-state index >= 15 is 0 Å². The summed E-state index contributed by atoms with van der Waals surface area (Å²) in [6.07, 6.45) is 1.77. The van der Waals surface area contributed by atoms with Crippen molar-refractivity contribution in [2.45, 2.75) is 24.9 Å². The number of aliphatic hydroxyl groups excluding tert-OH is 2. The lowest BCUT2D eigenvalue weighted by Gasteiger charge is -2.17. The van der Waals surface area contributed by atoms with Gasteiger partial charge >= 0.3 is 0 Å². The molecule has 14 heavy (non-hydrogen) atoms. The van der Waals surface area contributed by atoms with Gasteiger partial charge in [0.1, 0.15) is 5.75 Å². The SMILES string of the molecule is OCc1cccc(O)c1C1(CO)CC1. The standard InChI is InChI=1S/C11H14O3/c12-6-8-2-1-3-9(14)10(8)11(7-13)4-5-11/h1-3,12-14H,4-7H2. The molecule has 76 valence electrons. The first-order chi connectivity index (χ1) is 6.73. The van der Waals surface area contributed by atoms with Crippen molar-refractivity contribution >= 4 is 0 Å². The molecule has 0 aliphatic heterocycles. The maximum absolute atomic E-state index is 9.71. The van der Waals surface area contributed by atoms with Crippen LogP contribution in [0.3, 0.4) is 0 Å². The molecule has 1 aliphatic carbocycles. The van der Waals surface area contributed by atoms with Crippen molar-refractivity contribution in [3.05, 3.63) is 29.3 Å². The fourth-order valence-corrected chi connectivity index (χ4v) is 1.97. The minimum Gasteiger partial charge on any atom is -0.508 e. The summed E-state index contributed by atoms with van der Waals surface area (Å²) in [6.45, 7) is -0.0525. The van der Waals surface area contributed by atoms with Gasteiger partial charge in [-0.15, -0.1) is 0 Å². The molecule has 0 radical (unpaired) electrons. The molecule has 3 nitrogen and oxygen atoms in total. The molecule has 0 unspecified atom stereocenters. The quantitative estimate of drug-likeness (QED) is 0.670. The van der Waals surface area contributed by atoms with Crippen molar-refractivity contribution in [3.8, 4) is 5.75 Å². The average Bonchev–Trinajstić information content (AvgIpc) is 2.98. The van der Waals surface area contributed by atoms with E-state index in [1.807, 2.05) is 0 Å². The van der Waals surface area contributed by atoms with Crippen LogP contribution >= 0.6 is 0 Å². The van der Waals surface area contributed by atoms with Crippen LogP contribution in [0.25, 0.3) is 0 Å². The van der Waals surface area contributed by atoms with E-state index in [4.69, 9.17) is 5.11 Å². The summed E-state index contributed by atoms with van der Waals surface area (Å²) in [5.41, 5.74) is 1.16. The molecule has 1 aromatic rings. The van der Waals surface area contributed by atoms with Gasteiger partial charge < -0.3 is 15.3 Å². The summed E-state index contributed by atoms with van der Waals surface area (Å²) in [6, 6.07) is 5.09. The Balaban J connectivity index is 2.50. The Bertz CT molecular complexity index is 342. The molecule has 0 amide bonds. The monoisotopic (exact) mass is 194 g/mol. The van der Waals surface area contributed by atoms with E-state index in [1.165, 1.54) is 0 Å². The lowest BCUT2D eigenvalue weighted by atomic mass is 9.91. The molecule has 0 atom stereocenters. The van der Waals surface area contributed by atoms with Gasteiger partial charge in [0, 0.05) is 11.0 Å². The third kappa shape index (κ3) is 1.29. The van der Waals surface area contributed by atoms with E-state index in [0.717, 1.165) is 24.0 Å². The topological polar surface area (TPSA) is 60.7 Å². The average molecular weight is 194 g/mol. The van der Waals surface area contributed by atoms with Crippen LogP contribution in [-0.4, -0.2) is 21.9 Å². The van der Waals surface area contributed by atoms with Gasteiger partial charge in [-0.25, -0.2) is 0 Å². The van der Waals surface area contributed by atoms with Gasteiger partial charge in [-0.2, -0.15) is 0 Å². The van der Waals surface area contributed by atoms with Crippen LogP contribution in [0.15, 0.2) is 18.2 Å². The number of hydrogen-bond donors (Lipinski definition) is 3. The Morgan fingerprint density at radius 1 is 1.21 bits per heavy atom. The molecule has 0 spiro atoms. The molecular weight excluding hydrogens is 180 g/mol. The van der Waals surface area contributed by atoms with E-state index in [1.54, 1.807) is 18.2 Å². The van der Waals surface area contributed by atoms with E-state index in [9.17, 15) is 10.2 Å². The van der Waals surface area contributed by atoms with Gasteiger partial charge in [-0.05, 0) is 24.5 Å². The van der Waals surface area contributed by atoms with Gasteiger partial charge in [0.05, 0.1) is 13.2 Å². The first kappa shape index (κ1) is 9.49. The molecule has 0 bridgehead atoms. The van der Waals surface area contributed by atoms with Crippen LogP contribution in [0.5, 0.6) is 5.75 Å². The van der Waals surface area contributed by atoms with Crippen molar-refractivity contribution in [1.82, 2.24) is 0 Å². The van der Waals surface area contributed by atoms with Crippen molar-refractivity contribution in [1.29, 1.82) is 0 Å². The summed E-state index contributed by atoms with van der Waals surface area (Å²) in [5, 5.41) is 28.1. The second kappa shape index (κ2) is 3.26. The molecule has 0 heterocycles. The molecule has 0 aromatic heterocycles. The molecule has 3 heteroatoms. The number of rotatable bonds is 3. The highest BCUT2D eigenvalue weighted by molar-refractivity contribution is 5.47. The van der Waals surface area contributed by atoms with Crippen LogP contribution in [0, 0.1) is 0 Å². The second-order valence-electron chi connectivity index (χ2n) is 3.91. The zero-order valence-corrected chi connectivity index (χ0v) is 7.90. The third-order valence-electron chi connectivity index (χ3n) is 2.99. The predicted octanol–water partition coefficient (Wildman–Crippen LogP) is 0.908. The Morgan fingerprint density at radius 3 is 2.43 bits per heavy atom. The summed E-state index contributed by atoms with van der Waals surface area (Å²) in [4.78, 5) is 0. The van der Waals surface area contributed by atoms with Crippen molar-refractivity contribution < 1.29 is 15.3 Å². The molecule has 1 fully saturated rings. The van der Waals surface area contributed by atoms with Crippen molar-refractivity contribution in [2.24, 2.45) is 0 Å². The van der Waals surface area contributed by atoms with Crippen LogP contribution < -0.4 is 0 Å². The van der Waals surface area contributed by atoms with Crippen LogP contribution in [0.1, 0.15) is 24.0 Å². The van der Waals surface area contributed by atoms with E-state index in [2.05, 4.69) is 0 Å². The van der Waals surface area contributed by atoms with Gasteiger partial charge in [-0.3, -0.25) is 0 Å². The second-order valence-corrected chi connectivity index (χ2v) is 3.91. The normalized spacial score (nSPS) is 18.1. The van der Waals surface area contributed by atoms with Gasteiger partial charge in [0.25, 0.3) is 0 Å². The fourth-order valence-electron chi connectivity index (χ4n) is 1.97. The Kier molecular flexibility index (Phi) is 2.21. The molecule has 1 aliphatic rings. The fraction of sp³-hybridized carbons (Fsp3) is 0.455. The number of benzene rings is 1. The number of aromatic hydroxyl groups is 1. The Hall–Kier alpha value is -1.06.